The van der Waals surface area contributed by atoms with Crippen LogP contribution in [0, 0.1) is 6.92 Å². The molecule has 1 aromatic carbocycles. The lowest BCUT2D eigenvalue weighted by Gasteiger charge is -2.31. The van der Waals surface area contributed by atoms with Crippen molar-refractivity contribution in [2.75, 3.05) is 26.9 Å². The van der Waals surface area contributed by atoms with E-state index in [1.54, 1.807) is 25.3 Å². The summed E-state index contributed by atoms with van der Waals surface area (Å²) in [6.07, 6.45) is 0.225. The molecule has 3 N–H and O–H groups in total. The van der Waals surface area contributed by atoms with Gasteiger partial charge < -0.3 is 25.3 Å². The number of nitrogens with two attached hydrogens (primary N) is 1. The van der Waals surface area contributed by atoms with Crippen LogP contribution in [0.5, 0.6) is 5.75 Å². The summed E-state index contributed by atoms with van der Waals surface area (Å²) in [5.74, 6) is -0.0378. The van der Waals surface area contributed by atoms with Crippen molar-refractivity contribution in [1.82, 2.24) is 5.32 Å². The number of carbonyl (C=O) groups is 2. The highest BCUT2D eigenvalue weighted by molar-refractivity contribution is 5.96. The van der Waals surface area contributed by atoms with E-state index in [1.165, 1.54) is 0 Å². The SMILES string of the molecule is COc1ccc(C(=O)N[C@@H]2CCOC[C@H]2OCC(N)=O)c(C)c1. The van der Waals surface area contributed by atoms with Gasteiger partial charge in [0, 0.05) is 12.2 Å². The lowest BCUT2D eigenvalue weighted by Crippen LogP contribution is -2.50. The van der Waals surface area contributed by atoms with Gasteiger partial charge in [-0.2, -0.15) is 0 Å². The average molecular weight is 322 g/mol. The lowest BCUT2D eigenvalue weighted by atomic mass is 10.0. The van der Waals surface area contributed by atoms with Crippen molar-refractivity contribution < 1.29 is 23.8 Å². The van der Waals surface area contributed by atoms with E-state index in [4.69, 9.17) is 19.9 Å². The Labute approximate surface area is 135 Å². The van der Waals surface area contributed by atoms with Crippen LogP contribution in [0.25, 0.3) is 0 Å². The monoisotopic (exact) mass is 322 g/mol. The van der Waals surface area contributed by atoms with Gasteiger partial charge in [-0.25, -0.2) is 0 Å². The Hall–Kier alpha value is -2.12. The van der Waals surface area contributed by atoms with Crippen molar-refractivity contribution >= 4 is 11.8 Å². The molecule has 23 heavy (non-hydrogen) atoms. The summed E-state index contributed by atoms with van der Waals surface area (Å²) in [6.45, 7) is 2.51. The summed E-state index contributed by atoms with van der Waals surface area (Å²) in [7, 11) is 1.58. The molecule has 1 aromatic rings. The van der Waals surface area contributed by atoms with E-state index in [9.17, 15) is 9.59 Å². The minimum Gasteiger partial charge on any atom is -0.497 e. The van der Waals surface area contributed by atoms with Crippen molar-refractivity contribution in [2.45, 2.75) is 25.5 Å². The van der Waals surface area contributed by atoms with Crippen LogP contribution in [0.15, 0.2) is 18.2 Å². The number of methoxy groups -OCH3 is 1. The quantitative estimate of drug-likeness (QED) is 0.789. The van der Waals surface area contributed by atoms with Gasteiger partial charge in [-0.15, -0.1) is 0 Å². The molecule has 2 atom stereocenters. The third-order valence-corrected chi connectivity index (χ3v) is 3.74. The lowest BCUT2D eigenvalue weighted by molar-refractivity contribution is -0.129. The molecule has 7 nitrogen and oxygen atoms in total. The van der Waals surface area contributed by atoms with Crippen LogP contribution in [0.1, 0.15) is 22.3 Å². The molecule has 0 bridgehead atoms. The zero-order chi connectivity index (χ0) is 16.8. The molecule has 1 aliphatic rings. The third kappa shape index (κ3) is 4.67. The van der Waals surface area contributed by atoms with Gasteiger partial charge in [-0.3, -0.25) is 9.59 Å². The minimum absolute atomic E-state index is 0.190. The highest BCUT2D eigenvalue weighted by Gasteiger charge is 2.29. The van der Waals surface area contributed by atoms with Crippen LogP contribution in [-0.2, 0) is 14.3 Å². The van der Waals surface area contributed by atoms with Crippen LogP contribution >= 0.6 is 0 Å². The van der Waals surface area contributed by atoms with Crippen LogP contribution in [0.3, 0.4) is 0 Å². The van der Waals surface area contributed by atoms with E-state index in [1.807, 2.05) is 6.92 Å². The summed E-state index contributed by atoms with van der Waals surface area (Å²) in [4.78, 5) is 23.3. The molecule has 7 heteroatoms. The Kier molecular flexibility index (Phi) is 5.95. The van der Waals surface area contributed by atoms with Gasteiger partial charge in [0.2, 0.25) is 5.91 Å². The molecule has 1 heterocycles. The number of rotatable bonds is 6. The Balaban J connectivity index is 2.03. The average Bonchev–Trinajstić information content (AvgIpc) is 2.53. The molecule has 0 radical (unpaired) electrons. The standard InChI is InChI=1S/C16H22N2O5/c1-10-7-11(21-2)3-4-12(10)16(20)18-13-5-6-22-8-14(13)23-9-15(17)19/h3-4,7,13-14H,5-6,8-9H2,1-2H3,(H2,17,19)(H,18,20)/t13-,14-/m1/s1. The topological polar surface area (TPSA) is 99.9 Å². The summed E-state index contributed by atoms with van der Waals surface area (Å²) in [5.41, 5.74) is 6.49. The Bertz CT molecular complexity index is 576. The van der Waals surface area contributed by atoms with Gasteiger partial charge in [0.1, 0.15) is 18.5 Å². The van der Waals surface area contributed by atoms with Crippen molar-refractivity contribution in [3.8, 4) is 5.75 Å². The molecular formula is C16H22N2O5. The summed E-state index contributed by atoms with van der Waals surface area (Å²) in [5, 5.41) is 2.95. The predicted molar refractivity (Wildman–Crippen MR) is 83.4 cm³/mol. The summed E-state index contributed by atoms with van der Waals surface area (Å²) < 4.78 is 15.9. The molecule has 0 spiro atoms. The third-order valence-electron chi connectivity index (χ3n) is 3.74. The van der Waals surface area contributed by atoms with E-state index in [0.29, 0.717) is 30.9 Å². The van der Waals surface area contributed by atoms with Gasteiger partial charge in [-0.05, 0) is 37.1 Å². The first-order valence-corrected chi connectivity index (χ1v) is 7.44. The van der Waals surface area contributed by atoms with Crippen LogP contribution in [0.4, 0.5) is 0 Å². The van der Waals surface area contributed by atoms with E-state index >= 15 is 0 Å². The van der Waals surface area contributed by atoms with Crippen molar-refractivity contribution in [1.29, 1.82) is 0 Å². The Morgan fingerprint density at radius 2 is 2.22 bits per heavy atom. The molecule has 126 valence electrons. The fourth-order valence-electron chi connectivity index (χ4n) is 2.49. The maximum Gasteiger partial charge on any atom is 0.251 e. The van der Waals surface area contributed by atoms with Crippen LogP contribution < -0.4 is 15.8 Å². The van der Waals surface area contributed by atoms with Crippen molar-refractivity contribution in [3.63, 3.8) is 0 Å². The second-order valence-corrected chi connectivity index (χ2v) is 5.44. The zero-order valence-electron chi connectivity index (χ0n) is 13.3. The smallest absolute Gasteiger partial charge is 0.251 e. The molecule has 0 aliphatic carbocycles. The first kappa shape index (κ1) is 17.2. The number of benzene rings is 1. The molecule has 0 saturated carbocycles. The number of amides is 2. The number of hydrogen-bond donors (Lipinski definition) is 2. The molecule has 1 aliphatic heterocycles. The number of ether oxygens (including phenoxy) is 3. The summed E-state index contributed by atoms with van der Waals surface area (Å²) >= 11 is 0. The van der Waals surface area contributed by atoms with Gasteiger partial charge in [-0.1, -0.05) is 0 Å². The van der Waals surface area contributed by atoms with E-state index in [2.05, 4.69) is 5.32 Å². The van der Waals surface area contributed by atoms with Gasteiger partial charge in [0.15, 0.2) is 0 Å². The second-order valence-electron chi connectivity index (χ2n) is 5.44. The Morgan fingerprint density at radius 3 is 2.87 bits per heavy atom. The number of hydrogen-bond acceptors (Lipinski definition) is 5. The largest absolute Gasteiger partial charge is 0.497 e. The fraction of sp³-hybridized carbons (Fsp3) is 0.500. The molecule has 1 saturated heterocycles. The van der Waals surface area contributed by atoms with Crippen LogP contribution in [-0.4, -0.2) is 50.9 Å². The first-order valence-electron chi connectivity index (χ1n) is 7.44. The minimum atomic E-state index is -0.549. The first-order chi connectivity index (χ1) is 11.0. The molecule has 2 rings (SSSR count). The fourth-order valence-corrected chi connectivity index (χ4v) is 2.49. The van der Waals surface area contributed by atoms with E-state index in [-0.39, 0.29) is 18.6 Å². The number of primary amides is 1. The second kappa shape index (κ2) is 7.94. The molecule has 0 aromatic heterocycles. The van der Waals surface area contributed by atoms with Gasteiger partial charge in [0.05, 0.1) is 19.8 Å². The van der Waals surface area contributed by atoms with Gasteiger partial charge in [0.25, 0.3) is 5.91 Å². The predicted octanol–water partition coefficient (Wildman–Crippen LogP) is 0.393. The zero-order valence-corrected chi connectivity index (χ0v) is 13.3. The molecule has 1 fully saturated rings. The Morgan fingerprint density at radius 1 is 1.43 bits per heavy atom. The molecule has 0 unspecified atom stereocenters. The maximum absolute atomic E-state index is 12.5. The van der Waals surface area contributed by atoms with Crippen LogP contribution in [0.2, 0.25) is 0 Å². The normalized spacial score (nSPS) is 20.8. The maximum atomic E-state index is 12.5. The highest BCUT2D eigenvalue weighted by Crippen LogP contribution is 2.18. The van der Waals surface area contributed by atoms with Gasteiger partial charge >= 0.3 is 0 Å². The number of nitrogens with one attached hydrogen (secondary N) is 1. The van der Waals surface area contributed by atoms with Crippen molar-refractivity contribution in [2.24, 2.45) is 5.73 Å². The van der Waals surface area contributed by atoms with E-state index in [0.717, 1.165) is 5.56 Å². The number of carbonyl (C=O) groups excluding carboxylic acids is 2. The summed E-state index contributed by atoms with van der Waals surface area (Å²) in [6, 6.07) is 5.05. The van der Waals surface area contributed by atoms with E-state index < -0.39 is 12.0 Å². The number of aryl methyl sites for hydroxylation is 1. The molecule has 2 amide bonds. The van der Waals surface area contributed by atoms with Crippen molar-refractivity contribution in [3.05, 3.63) is 29.3 Å². The molecular weight excluding hydrogens is 300 g/mol. The highest BCUT2D eigenvalue weighted by atomic mass is 16.5.